The fraction of sp³-hybridized carbons (Fsp3) is 0.188. The molecule has 1 atom stereocenters. The number of methoxy groups -OCH3 is 1. The normalized spacial score (nSPS) is 13.2. The van der Waals surface area contributed by atoms with E-state index < -0.39 is 16.1 Å². The maximum Gasteiger partial charge on any atom is 0.276 e. The predicted molar refractivity (Wildman–Crippen MR) is 86.2 cm³/mol. The van der Waals surface area contributed by atoms with E-state index >= 15 is 0 Å². The summed E-state index contributed by atoms with van der Waals surface area (Å²) in [7, 11) is -2.13. The third-order valence-electron chi connectivity index (χ3n) is 3.10. The van der Waals surface area contributed by atoms with Crippen LogP contribution in [0.5, 0.6) is 0 Å². The zero-order chi connectivity index (χ0) is 16.0. The fourth-order valence-electron chi connectivity index (χ4n) is 1.86. The summed E-state index contributed by atoms with van der Waals surface area (Å²) in [4.78, 5) is 2.36. The smallest absolute Gasteiger partial charge is 0.276 e. The predicted octanol–water partition coefficient (Wildman–Crippen LogP) is 2.65. The van der Waals surface area contributed by atoms with Gasteiger partial charge in [0.15, 0.2) is 0 Å². The van der Waals surface area contributed by atoms with Gasteiger partial charge in [0.1, 0.15) is 6.10 Å². The standard InChI is InChI=1S/C16H18N2O3S/c1-13-8-10-15(11-9-13)22(19,20)18-17-12-16(21-2)14-6-4-3-5-7-14/h3-12,16,18H,1-2H3/b17-12-. The number of benzene rings is 2. The Balaban J connectivity index is 2.09. The molecule has 0 amide bonds. The van der Waals surface area contributed by atoms with Crippen molar-refractivity contribution in [2.75, 3.05) is 7.11 Å². The van der Waals surface area contributed by atoms with Crippen molar-refractivity contribution in [2.45, 2.75) is 17.9 Å². The van der Waals surface area contributed by atoms with Crippen LogP contribution in [0.25, 0.3) is 0 Å². The van der Waals surface area contributed by atoms with Gasteiger partial charge in [-0.3, -0.25) is 0 Å². The van der Waals surface area contributed by atoms with Crippen molar-refractivity contribution in [3.05, 3.63) is 65.7 Å². The van der Waals surface area contributed by atoms with Gasteiger partial charge in [-0.25, -0.2) is 4.83 Å². The van der Waals surface area contributed by atoms with Gasteiger partial charge in [-0.15, -0.1) is 0 Å². The molecule has 0 heterocycles. The van der Waals surface area contributed by atoms with E-state index in [0.29, 0.717) is 0 Å². The first-order valence-corrected chi connectivity index (χ1v) is 8.20. The second-order valence-corrected chi connectivity index (χ2v) is 6.41. The summed E-state index contributed by atoms with van der Waals surface area (Å²) in [6.07, 6.45) is 1.00. The first-order valence-electron chi connectivity index (χ1n) is 6.72. The molecule has 2 aromatic carbocycles. The maximum atomic E-state index is 12.1. The molecule has 0 aromatic heterocycles. The molecule has 0 aliphatic carbocycles. The number of hydrogen-bond donors (Lipinski definition) is 1. The number of hydrazone groups is 1. The maximum absolute atomic E-state index is 12.1. The number of hydrogen-bond acceptors (Lipinski definition) is 4. The lowest BCUT2D eigenvalue weighted by Crippen LogP contribution is -2.19. The van der Waals surface area contributed by atoms with Crippen LogP contribution in [0.15, 0.2) is 64.6 Å². The van der Waals surface area contributed by atoms with Crippen molar-refractivity contribution in [2.24, 2.45) is 5.10 Å². The molecule has 5 nitrogen and oxygen atoms in total. The van der Waals surface area contributed by atoms with Gasteiger partial charge in [-0.2, -0.15) is 13.5 Å². The molecule has 22 heavy (non-hydrogen) atoms. The molecule has 2 rings (SSSR count). The van der Waals surface area contributed by atoms with Crippen LogP contribution in [-0.4, -0.2) is 21.7 Å². The molecule has 0 aliphatic heterocycles. The average molecular weight is 318 g/mol. The van der Waals surface area contributed by atoms with Crippen molar-refractivity contribution in [3.8, 4) is 0 Å². The minimum Gasteiger partial charge on any atom is -0.371 e. The van der Waals surface area contributed by atoms with E-state index in [-0.39, 0.29) is 4.90 Å². The van der Waals surface area contributed by atoms with E-state index in [1.807, 2.05) is 37.3 Å². The summed E-state index contributed by atoms with van der Waals surface area (Å²) < 4.78 is 29.5. The topological polar surface area (TPSA) is 67.8 Å². The summed E-state index contributed by atoms with van der Waals surface area (Å²) in [5.41, 5.74) is 1.88. The largest absolute Gasteiger partial charge is 0.371 e. The lowest BCUT2D eigenvalue weighted by Gasteiger charge is -2.10. The van der Waals surface area contributed by atoms with E-state index in [1.165, 1.54) is 25.5 Å². The monoisotopic (exact) mass is 318 g/mol. The van der Waals surface area contributed by atoms with E-state index in [2.05, 4.69) is 9.93 Å². The van der Waals surface area contributed by atoms with Gasteiger partial charge in [0.05, 0.1) is 11.1 Å². The first-order chi connectivity index (χ1) is 10.5. The second-order valence-electron chi connectivity index (χ2n) is 4.75. The van der Waals surface area contributed by atoms with Crippen LogP contribution in [0.4, 0.5) is 0 Å². The second kappa shape index (κ2) is 7.20. The Morgan fingerprint density at radius 3 is 2.32 bits per heavy atom. The summed E-state index contributed by atoms with van der Waals surface area (Å²) in [6.45, 7) is 1.89. The minimum absolute atomic E-state index is 0.170. The lowest BCUT2D eigenvalue weighted by molar-refractivity contribution is 0.161. The SMILES string of the molecule is COC(/C=N\NS(=O)(=O)c1ccc(C)cc1)c1ccccc1. The Hall–Kier alpha value is -2.18. The van der Waals surface area contributed by atoms with Crippen LogP contribution in [0.1, 0.15) is 17.2 Å². The summed E-state index contributed by atoms with van der Waals surface area (Å²) in [6, 6.07) is 16.0. The molecule has 0 radical (unpaired) electrons. The van der Waals surface area contributed by atoms with Gasteiger partial charge in [-0.05, 0) is 24.6 Å². The molecule has 0 bridgehead atoms. The number of nitrogens with zero attached hydrogens (tertiary/aromatic N) is 1. The van der Waals surface area contributed by atoms with Gasteiger partial charge in [-0.1, -0.05) is 48.0 Å². The molecule has 116 valence electrons. The first kappa shape index (κ1) is 16.2. The van der Waals surface area contributed by atoms with Crippen molar-refractivity contribution in [1.29, 1.82) is 0 Å². The molecular formula is C16H18N2O3S. The van der Waals surface area contributed by atoms with E-state index in [0.717, 1.165) is 11.1 Å². The van der Waals surface area contributed by atoms with Crippen molar-refractivity contribution >= 4 is 16.2 Å². The van der Waals surface area contributed by atoms with Crippen LogP contribution in [0, 0.1) is 6.92 Å². The Bertz CT molecular complexity index is 726. The Kier molecular flexibility index (Phi) is 5.30. The highest BCUT2D eigenvalue weighted by Crippen LogP contribution is 2.14. The molecular weight excluding hydrogens is 300 g/mol. The zero-order valence-electron chi connectivity index (χ0n) is 12.4. The molecule has 6 heteroatoms. The molecule has 0 saturated heterocycles. The molecule has 0 aliphatic rings. The summed E-state index contributed by atoms with van der Waals surface area (Å²) >= 11 is 0. The Morgan fingerprint density at radius 2 is 1.73 bits per heavy atom. The highest BCUT2D eigenvalue weighted by molar-refractivity contribution is 7.89. The minimum atomic E-state index is -3.67. The Morgan fingerprint density at radius 1 is 1.09 bits per heavy atom. The quantitative estimate of drug-likeness (QED) is 0.657. The molecule has 0 saturated carbocycles. The Labute approximate surface area is 130 Å². The van der Waals surface area contributed by atoms with Gasteiger partial charge >= 0.3 is 0 Å². The summed E-state index contributed by atoms with van der Waals surface area (Å²) in [5.74, 6) is 0. The number of rotatable bonds is 6. The number of ether oxygens (including phenoxy) is 1. The van der Waals surface area contributed by atoms with Crippen LogP contribution < -0.4 is 4.83 Å². The summed E-state index contributed by atoms with van der Waals surface area (Å²) in [5, 5.41) is 3.80. The van der Waals surface area contributed by atoms with Gasteiger partial charge in [0.25, 0.3) is 10.0 Å². The van der Waals surface area contributed by atoms with E-state index in [9.17, 15) is 8.42 Å². The van der Waals surface area contributed by atoms with Crippen molar-refractivity contribution in [3.63, 3.8) is 0 Å². The van der Waals surface area contributed by atoms with Crippen LogP contribution in [-0.2, 0) is 14.8 Å². The number of aryl methyl sites for hydroxylation is 1. The molecule has 2 aromatic rings. The molecule has 1 N–H and O–H groups in total. The van der Waals surface area contributed by atoms with Gasteiger partial charge in [0.2, 0.25) is 0 Å². The molecule has 0 fully saturated rings. The highest BCUT2D eigenvalue weighted by Gasteiger charge is 2.12. The van der Waals surface area contributed by atoms with Crippen molar-refractivity contribution in [1.82, 2.24) is 4.83 Å². The van der Waals surface area contributed by atoms with Crippen LogP contribution in [0.3, 0.4) is 0 Å². The fourth-order valence-corrected chi connectivity index (χ4v) is 2.66. The van der Waals surface area contributed by atoms with Crippen LogP contribution >= 0.6 is 0 Å². The third-order valence-corrected chi connectivity index (χ3v) is 4.33. The van der Waals surface area contributed by atoms with Crippen LogP contribution in [0.2, 0.25) is 0 Å². The van der Waals surface area contributed by atoms with E-state index in [4.69, 9.17) is 4.74 Å². The number of nitrogens with one attached hydrogen (secondary N) is 1. The molecule has 1 unspecified atom stereocenters. The third kappa shape index (κ3) is 4.16. The van der Waals surface area contributed by atoms with Crippen molar-refractivity contribution < 1.29 is 13.2 Å². The van der Waals surface area contributed by atoms with Gasteiger partial charge < -0.3 is 4.74 Å². The van der Waals surface area contributed by atoms with E-state index in [1.54, 1.807) is 12.1 Å². The zero-order valence-corrected chi connectivity index (χ0v) is 13.2. The lowest BCUT2D eigenvalue weighted by atomic mass is 10.1. The highest BCUT2D eigenvalue weighted by atomic mass is 32.2. The average Bonchev–Trinajstić information content (AvgIpc) is 2.53. The van der Waals surface area contributed by atoms with Gasteiger partial charge in [0, 0.05) is 7.11 Å². The number of sulfonamides is 1. The molecule has 0 spiro atoms.